The molecule has 3 rings (SSSR count). The van der Waals surface area contributed by atoms with Gasteiger partial charge in [-0.2, -0.15) is 5.26 Å². The number of hydrogen-bond acceptors (Lipinski definition) is 4. The van der Waals surface area contributed by atoms with Crippen molar-refractivity contribution in [3.05, 3.63) is 78.2 Å². The van der Waals surface area contributed by atoms with Crippen LogP contribution in [0.25, 0.3) is 5.70 Å². The van der Waals surface area contributed by atoms with E-state index in [1.807, 2.05) is 26.0 Å². The highest BCUT2D eigenvalue weighted by molar-refractivity contribution is 9.10. The first kappa shape index (κ1) is 17.1. The number of allylic oxidation sites excluding steroid dienone is 1. The standard InChI is InChI=1S/C18H14BrN3O3/c1-18(2)7-12-4-3-11(9-20)5-14(12)16(8-18)21-10-13(22(24)25)6-15(19)17(21)23/h3-6,8,10H,7H2,1-2H3. The van der Waals surface area contributed by atoms with Gasteiger partial charge in [-0.15, -0.1) is 0 Å². The van der Waals surface area contributed by atoms with Gasteiger partial charge in [-0.25, -0.2) is 0 Å². The number of halogens is 1. The molecule has 0 unspecified atom stereocenters. The fourth-order valence-corrected chi connectivity index (χ4v) is 3.47. The number of aromatic nitrogens is 1. The molecule has 1 aliphatic rings. The molecule has 2 aromatic rings. The van der Waals surface area contributed by atoms with Crippen molar-refractivity contribution in [2.75, 3.05) is 0 Å². The molecule has 6 nitrogen and oxygen atoms in total. The Morgan fingerprint density at radius 1 is 1.36 bits per heavy atom. The maximum Gasteiger partial charge on any atom is 0.287 e. The molecule has 0 amide bonds. The van der Waals surface area contributed by atoms with Crippen LogP contribution in [0.5, 0.6) is 0 Å². The molecule has 0 saturated carbocycles. The Kier molecular flexibility index (Phi) is 4.09. The van der Waals surface area contributed by atoms with Crippen molar-refractivity contribution in [1.29, 1.82) is 5.26 Å². The summed E-state index contributed by atoms with van der Waals surface area (Å²) in [6.45, 7) is 4.07. The molecule has 25 heavy (non-hydrogen) atoms. The second kappa shape index (κ2) is 5.97. The van der Waals surface area contributed by atoms with Crippen molar-refractivity contribution < 1.29 is 4.92 Å². The molecular weight excluding hydrogens is 386 g/mol. The predicted octanol–water partition coefficient (Wildman–Crippen LogP) is 3.86. The normalized spacial score (nSPS) is 15.0. The van der Waals surface area contributed by atoms with Crippen LogP contribution in [-0.2, 0) is 6.42 Å². The number of fused-ring (bicyclic) bond motifs is 1. The molecule has 1 aromatic carbocycles. The van der Waals surface area contributed by atoms with E-state index >= 15 is 0 Å². The number of nitro groups is 1. The van der Waals surface area contributed by atoms with E-state index in [0.29, 0.717) is 11.3 Å². The van der Waals surface area contributed by atoms with Crippen LogP contribution in [-0.4, -0.2) is 9.49 Å². The number of rotatable bonds is 2. The van der Waals surface area contributed by atoms with Crippen LogP contribution in [0.2, 0.25) is 0 Å². The monoisotopic (exact) mass is 399 g/mol. The molecule has 126 valence electrons. The number of nitriles is 1. The van der Waals surface area contributed by atoms with Crippen LogP contribution in [0.1, 0.15) is 30.5 Å². The summed E-state index contributed by atoms with van der Waals surface area (Å²) < 4.78 is 1.40. The summed E-state index contributed by atoms with van der Waals surface area (Å²) in [6.07, 6.45) is 3.90. The van der Waals surface area contributed by atoms with E-state index in [4.69, 9.17) is 0 Å². The molecule has 0 radical (unpaired) electrons. The zero-order valence-electron chi connectivity index (χ0n) is 13.6. The lowest BCUT2D eigenvalue weighted by Crippen LogP contribution is -2.26. The van der Waals surface area contributed by atoms with Crippen LogP contribution >= 0.6 is 15.9 Å². The molecule has 0 bridgehead atoms. The Morgan fingerprint density at radius 2 is 2.08 bits per heavy atom. The van der Waals surface area contributed by atoms with E-state index < -0.39 is 4.92 Å². The van der Waals surface area contributed by atoms with Gasteiger partial charge >= 0.3 is 0 Å². The summed E-state index contributed by atoms with van der Waals surface area (Å²) in [6, 6.07) is 8.62. The van der Waals surface area contributed by atoms with Crippen LogP contribution in [0.4, 0.5) is 5.69 Å². The van der Waals surface area contributed by atoms with Crippen LogP contribution in [0.3, 0.4) is 0 Å². The molecule has 1 aliphatic carbocycles. The third-order valence-electron chi connectivity index (χ3n) is 4.12. The Hall–Kier alpha value is -2.72. The lowest BCUT2D eigenvalue weighted by Gasteiger charge is -2.30. The van der Waals surface area contributed by atoms with Crippen molar-refractivity contribution in [1.82, 2.24) is 4.57 Å². The highest BCUT2D eigenvalue weighted by atomic mass is 79.9. The minimum absolute atomic E-state index is 0.115. The lowest BCUT2D eigenvalue weighted by atomic mass is 9.77. The van der Waals surface area contributed by atoms with E-state index in [1.54, 1.807) is 12.1 Å². The minimum atomic E-state index is -0.540. The van der Waals surface area contributed by atoms with E-state index in [1.165, 1.54) is 16.8 Å². The second-order valence-corrected chi connectivity index (χ2v) is 7.51. The highest BCUT2D eigenvalue weighted by Crippen LogP contribution is 2.37. The summed E-state index contributed by atoms with van der Waals surface area (Å²) in [4.78, 5) is 23.2. The number of hydrogen-bond donors (Lipinski definition) is 0. The summed E-state index contributed by atoms with van der Waals surface area (Å²) in [5.74, 6) is 0. The third kappa shape index (κ3) is 3.13. The first-order chi connectivity index (χ1) is 11.7. The van der Waals surface area contributed by atoms with E-state index in [9.17, 15) is 20.2 Å². The largest absolute Gasteiger partial charge is 0.287 e. The first-order valence-corrected chi connectivity index (χ1v) is 8.34. The van der Waals surface area contributed by atoms with Crippen LogP contribution in [0, 0.1) is 26.9 Å². The lowest BCUT2D eigenvalue weighted by molar-refractivity contribution is -0.385. The van der Waals surface area contributed by atoms with Crippen molar-refractivity contribution in [3.8, 4) is 6.07 Å². The highest BCUT2D eigenvalue weighted by Gasteiger charge is 2.28. The fraction of sp³-hybridized carbons (Fsp3) is 0.222. The molecule has 1 aromatic heterocycles. The molecule has 0 atom stereocenters. The minimum Gasteiger partial charge on any atom is -0.276 e. The summed E-state index contributed by atoms with van der Waals surface area (Å²) >= 11 is 3.11. The molecule has 1 heterocycles. The van der Waals surface area contributed by atoms with E-state index in [-0.39, 0.29) is 21.1 Å². The average molecular weight is 400 g/mol. The topological polar surface area (TPSA) is 88.9 Å². The van der Waals surface area contributed by atoms with Gasteiger partial charge in [-0.1, -0.05) is 26.0 Å². The van der Waals surface area contributed by atoms with Gasteiger partial charge in [0.25, 0.3) is 11.2 Å². The zero-order valence-corrected chi connectivity index (χ0v) is 15.2. The van der Waals surface area contributed by atoms with E-state index in [2.05, 4.69) is 22.0 Å². The predicted molar refractivity (Wildman–Crippen MR) is 97.1 cm³/mol. The molecule has 0 aliphatic heterocycles. The van der Waals surface area contributed by atoms with Gasteiger partial charge < -0.3 is 0 Å². The molecule has 0 N–H and O–H groups in total. The smallest absolute Gasteiger partial charge is 0.276 e. The third-order valence-corrected chi connectivity index (χ3v) is 4.69. The van der Waals surface area contributed by atoms with Crippen LogP contribution in [0.15, 0.2) is 45.8 Å². The van der Waals surface area contributed by atoms with Crippen molar-refractivity contribution >= 4 is 27.3 Å². The molecular formula is C18H14BrN3O3. The quantitative estimate of drug-likeness (QED) is 0.566. The van der Waals surface area contributed by atoms with Gasteiger partial charge in [0, 0.05) is 11.6 Å². The van der Waals surface area contributed by atoms with Crippen molar-refractivity contribution in [2.24, 2.45) is 5.41 Å². The van der Waals surface area contributed by atoms with E-state index in [0.717, 1.165) is 17.5 Å². The number of nitrogens with zero attached hydrogens (tertiary/aromatic N) is 3. The van der Waals surface area contributed by atoms with Crippen molar-refractivity contribution in [3.63, 3.8) is 0 Å². The second-order valence-electron chi connectivity index (χ2n) is 6.66. The first-order valence-electron chi connectivity index (χ1n) is 7.55. The fourth-order valence-electron chi connectivity index (χ4n) is 3.04. The summed E-state index contributed by atoms with van der Waals surface area (Å²) in [7, 11) is 0. The Balaban J connectivity index is 2.33. The Bertz CT molecular complexity index is 1030. The molecule has 7 heteroatoms. The van der Waals surface area contributed by atoms with Gasteiger partial charge in [0.15, 0.2) is 0 Å². The molecule has 0 saturated heterocycles. The Labute approximate surface area is 152 Å². The number of pyridine rings is 1. The number of benzene rings is 1. The van der Waals surface area contributed by atoms with Gasteiger partial charge in [0.2, 0.25) is 0 Å². The average Bonchev–Trinajstić information content (AvgIpc) is 2.55. The summed E-state index contributed by atoms with van der Waals surface area (Å²) in [5.41, 5.74) is 1.97. The van der Waals surface area contributed by atoms with Crippen LogP contribution < -0.4 is 5.56 Å². The maximum absolute atomic E-state index is 12.6. The molecule has 0 fully saturated rings. The van der Waals surface area contributed by atoms with Gasteiger partial charge in [0.1, 0.15) is 0 Å². The van der Waals surface area contributed by atoms with Crippen molar-refractivity contribution in [2.45, 2.75) is 20.3 Å². The molecule has 0 spiro atoms. The Morgan fingerprint density at radius 3 is 2.72 bits per heavy atom. The maximum atomic E-state index is 12.6. The zero-order chi connectivity index (χ0) is 18.4. The van der Waals surface area contributed by atoms with Gasteiger partial charge in [0.05, 0.1) is 32.9 Å². The van der Waals surface area contributed by atoms with Gasteiger partial charge in [-0.3, -0.25) is 19.5 Å². The van der Waals surface area contributed by atoms with Gasteiger partial charge in [-0.05, 0) is 45.5 Å². The summed E-state index contributed by atoms with van der Waals surface area (Å²) in [5, 5.41) is 20.4. The SMILES string of the molecule is CC1(C)C=C(n2cc([N+](=O)[O-])cc(Br)c2=O)c2cc(C#N)ccc2C1.